The van der Waals surface area contributed by atoms with Crippen LogP contribution in [0.25, 0.3) is 0 Å². The number of methoxy groups -OCH3 is 1. The van der Waals surface area contributed by atoms with Crippen molar-refractivity contribution in [3.05, 3.63) is 12.7 Å². The van der Waals surface area contributed by atoms with E-state index in [9.17, 15) is 4.79 Å². The predicted octanol–water partition coefficient (Wildman–Crippen LogP) is 1.58. The number of rotatable bonds is 7. The molecule has 0 bridgehead atoms. The second-order valence-electron chi connectivity index (χ2n) is 3.18. The minimum absolute atomic E-state index is 0.0527. The molecule has 0 saturated carbocycles. The Morgan fingerprint density at radius 3 is 2.33 bits per heavy atom. The van der Waals surface area contributed by atoms with Gasteiger partial charge in [-0.2, -0.15) is 0 Å². The van der Waals surface area contributed by atoms with E-state index < -0.39 is 0 Å². The Hall–Kier alpha value is -1.03. The summed E-state index contributed by atoms with van der Waals surface area (Å²) in [6, 6.07) is 0.0527. The van der Waals surface area contributed by atoms with Crippen LogP contribution in [0.3, 0.4) is 0 Å². The third kappa shape index (κ3) is 4.83. The van der Waals surface area contributed by atoms with Gasteiger partial charge in [0, 0.05) is 33.3 Å². The molecule has 0 aliphatic heterocycles. The Morgan fingerprint density at radius 2 is 1.93 bits per heavy atom. The van der Waals surface area contributed by atoms with Crippen LogP contribution in [-0.2, 0) is 4.74 Å². The Kier molecular flexibility index (Phi) is 7.72. The summed E-state index contributed by atoms with van der Waals surface area (Å²) in [6.45, 7) is 10.8. The molecule has 0 aromatic rings. The van der Waals surface area contributed by atoms with E-state index in [0.29, 0.717) is 19.7 Å². The van der Waals surface area contributed by atoms with Crippen molar-refractivity contribution in [1.29, 1.82) is 0 Å². The first kappa shape index (κ1) is 14.0. The molecule has 0 aliphatic carbocycles. The highest BCUT2D eigenvalue weighted by Gasteiger charge is 2.16. The van der Waals surface area contributed by atoms with Crippen molar-refractivity contribution >= 4 is 6.03 Å². The predicted molar refractivity (Wildman–Crippen MR) is 62.0 cm³/mol. The van der Waals surface area contributed by atoms with Crippen LogP contribution in [0.4, 0.5) is 4.79 Å². The molecule has 0 rings (SSSR count). The summed E-state index contributed by atoms with van der Waals surface area (Å²) in [5.74, 6) is 0. The normalized spacial score (nSPS) is 9.80. The summed E-state index contributed by atoms with van der Waals surface area (Å²) in [5, 5.41) is 0. The molecule has 0 fully saturated rings. The average molecular weight is 214 g/mol. The van der Waals surface area contributed by atoms with Gasteiger partial charge in [0.15, 0.2) is 0 Å². The molecule has 2 amide bonds. The van der Waals surface area contributed by atoms with Gasteiger partial charge in [-0.1, -0.05) is 6.08 Å². The fourth-order valence-electron chi connectivity index (χ4n) is 1.32. The van der Waals surface area contributed by atoms with Gasteiger partial charge in [-0.05, 0) is 13.8 Å². The van der Waals surface area contributed by atoms with E-state index >= 15 is 0 Å². The smallest absolute Gasteiger partial charge is 0.320 e. The first-order chi connectivity index (χ1) is 7.21. The Bertz CT molecular complexity index is 191. The van der Waals surface area contributed by atoms with Crippen molar-refractivity contribution in [1.82, 2.24) is 9.80 Å². The molecule has 0 saturated heterocycles. The second kappa shape index (κ2) is 8.29. The number of hydrogen-bond acceptors (Lipinski definition) is 2. The van der Waals surface area contributed by atoms with Gasteiger partial charge in [0.1, 0.15) is 0 Å². The minimum atomic E-state index is 0.0527. The summed E-state index contributed by atoms with van der Waals surface area (Å²) in [6.07, 6.45) is 1.73. The van der Waals surface area contributed by atoms with Crippen LogP contribution >= 0.6 is 0 Å². The van der Waals surface area contributed by atoms with Crippen LogP contribution in [0.2, 0.25) is 0 Å². The van der Waals surface area contributed by atoms with E-state index in [1.165, 1.54) is 0 Å². The summed E-state index contributed by atoms with van der Waals surface area (Å²) in [5.41, 5.74) is 0. The molecule has 0 radical (unpaired) electrons. The zero-order valence-corrected chi connectivity index (χ0v) is 10.0. The average Bonchev–Trinajstić information content (AvgIpc) is 2.25. The number of nitrogens with zero attached hydrogens (tertiary/aromatic N) is 2. The highest BCUT2D eigenvalue weighted by atomic mass is 16.5. The number of ether oxygens (including phenoxy) is 1. The van der Waals surface area contributed by atoms with Crippen LogP contribution in [0, 0.1) is 0 Å². The van der Waals surface area contributed by atoms with Gasteiger partial charge in [0.2, 0.25) is 0 Å². The van der Waals surface area contributed by atoms with Crippen LogP contribution in [0.1, 0.15) is 13.8 Å². The molecule has 4 heteroatoms. The molecule has 0 atom stereocenters. The maximum absolute atomic E-state index is 11.9. The second-order valence-corrected chi connectivity index (χ2v) is 3.18. The molecular weight excluding hydrogens is 192 g/mol. The molecule has 0 aliphatic rings. The largest absolute Gasteiger partial charge is 0.383 e. The highest BCUT2D eigenvalue weighted by molar-refractivity contribution is 5.74. The van der Waals surface area contributed by atoms with Gasteiger partial charge in [0.25, 0.3) is 0 Å². The quantitative estimate of drug-likeness (QED) is 0.603. The molecule has 0 N–H and O–H groups in total. The van der Waals surface area contributed by atoms with E-state index in [1.54, 1.807) is 23.0 Å². The van der Waals surface area contributed by atoms with Gasteiger partial charge in [-0.15, -0.1) is 6.58 Å². The fraction of sp³-hybridized carbons (Fsp3) is 0.727. The molecule has 4 nitrogen and oxygen atoms in total. The zero-order chi connectivity index (χ0) is 11.7. The lowest BCUT2D eigenvalue weighted by molar-refractivity contribution is 0.133. The van der Waals surface area contributed by atoms with E-state index in [1.807, 2.05) is 13.8 Å². The van der Waals surface area contributed by atoms with Crippen LogP contribution in [0.15, 0.2) is 12.7 Å². The van der Waals surface area contributed by atoms with Crippen LogP contribution in [0.5, 0.6) is 0 Å². The first-order valence-corrected chi connectivity index (χ1v) is 5.34. The topological polar surface area (TPSA) is 32.8 Å². The summed E-state index contributed by atoms with van der Waals surface area (Å²) in [4.78, 5) is 15.5. The lowest BCUT2D eigenvalue weighted by Crippen LogP contribution is -2.44. The molecular formula is C11H22N2O2. The standard InChI is InChI=1S/C11H22N2O2/c1-5-8-13(9-10-15-4)11(14)12(6-2)7-3/h5H,1,6-10H2,2-4H3. The third-order valence-electron chi connectivity index (χ3n) is 2.22. The molecule has 0 heterocycles. The number of urea groups is 1. The van der Waals surface area contributed by atoms with Crippen molar-refractivity contribution in [2.24, 2.45) is 0 Å². The SMILES string of the molecule is C=CCN(CCOC)C(=O)N(CC)CC. The van der Waals surface area contributed by atoms with Crippen molar-refractivity contribution < 1.29 is 9.53 Å². The molecule has 0 aromatic heterocycles. The van der Waals surface area contributed by atoms with Crippen LogP contribution in [-0.4, -0.2) is 55.7 Å². The Balaban J connectivity index is 4.31. The molecule has 0 aromatic carbocycles. The molecule has 0 spiro atoms. The van der Waals surface area contributed by atoms with E-state index in [2.05, 4.69) is 6.58 Å². The van der Waals surface area contributed by atoms with Crippen molar-refractivity contribution in [3.63, 3.8) is 0 Å². The van der Waals surface area contributed by atoms with Gasteiger partial charge < -0.3 is 14.5 Å². The zero-order valence-electron chi connectivity index (χ0n) is 10.0. The fourth-order valence-corrected chi connectivity index (χ4v) is 1.32. The van der Waals surface area contributed by atoms with Crippen molar-refractivity contribution in [2.75, 3.05) is 39.9 Å². The van der Waals surface area contributed by atoms with Gasteiger partial charge in [-0.25, -0.2) is 4.79 Å². The van der Waals surface area contributed by atoms with Crippen LogP contribution < -0.4 is 0 Å². The summed E-state index contributed by atoms with van der Waals surface area (Å²) >= 11 is 0. The van der Waals surface area contributed by atoms with E-state index in [0.717, 1.165) is 13.1 Å². The van der Waals surface area contributed by atoms with Gasteiger partial charge >= 0.3 is 6.03 Å². The maximum atomic E-state index is 11.9. The lowest BCUT2D eigenvalue weighted by atomic mass is 10.4. The Morgan fingerprint density at radius 1 is 1.33 bits per heavy atom. The number of carbonyl (C=O) groups excluding carboxylic acids is 1. The molecule has 88 valence electrons. The summed E-state index contributed by atoms with van der Waals surface area (Å²) < 4.78 is 4.97. The van der Waals surface area contributed by atoms with Gasteiger partial charge in [-0.3, -0.25) is 0 Å². The minimum Gasteiger partial charge on any atom is -0.383 e. The van der Waals surface area contributed by atoms with Crippen molar-refractivity contribution in [2.45, 2.75) is 13.8 Å². The first-order valence-electron chi connectivity index (χ1n) is 5.34. The van der Waals surface area contributed by atoms with Crippen molar-refractivity contribution in [3.8, 4) is 0 Å². The third-order valence-corrected chi connectivity index (χ3v) is 2.22. The van der Waals surface area contributed by atoms with E-state index in [-0.39, 0.29) is 6.03 Å². The summed E-state index contributed by atoms with van der Waals surface area (Å²) in [7, 11) is 1.63. The Labute approximate surface area is 92.5 Å². The van der Waals surface area contributed by atoms with Gasteiger partial charge in [0.05, 0.1) is 6.61 Å². The molecule has 0 unspecified atom stereocenters. The highest BCUT2D eigenvalue weighted by Crippen LogP contribution is 1.99. The maximum Gasteiger partial charge on any atom is 0.320 e. The monoisotopic (exact) mass is 214 g/mol. The number of hydrogen-bond donors (Lipinski definition) is 0. The molecule has 15 heavy (non-hydrogen) atoms. The lowest BCUT2D eigenvalue weighted by Gasteiger charge is -2.28. The number of carbonyl (C=O) groups is 1. The number of amides is 2. The van der Waals surface area contributed by atoms with E-state index in [4.69, 9.17) is 4.74 Å².